The van der Waals surface area contributed by atoms with Crippen molar-refractivity contribution in [2.24, 2.45) is 0 Å². The molecule has 1 N–H and O–H groups in total. The maximum absolute atomic E-state index is 15.6. The Morgan fingerprint density at radius 3 is 2.29 bits per heavy atom. The van der Waals surface area contributed by atoms with Crippen molar-refractivity contribution in [1.29, 1.82) is 0 Å². The molecule has 8 rings (SSSR count). The number of carbonyl (C=O) groups excluding carboxylic acids is 1. The smallest absolute Gasteiger partial charge is 0.254 e. The quantitative estimate of drug-likeness (QED) is 0.173. The highest BCUT2D eigenvalue weighted by Crippen LogP contribution is 2.66. The van der Waals surface area contributed by atoms with Crippen LogP contribution in [0.3, 0.4) is 0 Å². The summed E-state index contributed by atoms with van der Waals surface area (Å²) in [7, 11) is 0. The van der Waals surface area contributed by atoms with Gasteiger partial charge >= 0.3 is 0 Å². The standard InChI is InChI=1S/C38H32N2O5/c1-24-18-20-27(21-19-24)34-33-32-30(45-34)17-10-22-37(32,42)35(40(43)44)31(26-13-6-3-7-14-26)38(33)28-15-8-9-16-29(28)39(36(38)41)23-25-11-4-2-5-12-25/h2-9,11-16,18-21,31,35,42H,10,17,22-23H2,1H3/t31-,35-,37+,38-/m1/s1. The first-order valence-electron chi connectivity index (χ1n) is 15.5. The molecule has 2 heterocycles. The molecule has 2 aliphatic carbocycles. The van der Waals surface area contributed by atoms with E-state index in [1.54, 1.807) is 4.90 Å². The number of nitro groups is 1. The first kappa shape index (κ1) is 27.5. The SMILES string of the molecule is Cc1ccc(-c2oc3c4c2[C@]2(C(=O)N(Cc5ccccc5)c5ccccc52)[C@H](c2ccccc2)[C@@H]([N+](=O)[O-])[C@]4(O)CCC3)cc1. The minimum Gasteiger partial charge on any atom is -0.460 e. The summed E-state index contributed by atoms with van der Waals surface area (Å²) in [5.74, 6) is -0.252. The Morgan fingerprint density at radius 1 is 0.911 bits per heavy atom. The van der Waals surface area contributed by atoms with Gasteiger partial charge in [0.25, 0.3) is 6.04 Å². The van der Waals surface area contributed by atoms with E-state index >= 15 is 4.79 Å². The average molecular weight is 597 g/mol. The Labute approximate surface area is 260 Å². The van der Waals surface area contributed by atoms with Crippen LogP contribution in [0.4, 0.5) is 5.69 Å². The van der Waals surface area contributed by atoms with Crippen LogP contribution in [0.25, 0.3) is 11.3 Å². The van der Waals surface area contributed by atoms with Gasteiger partial charge in [-0.15, -0.1) is 0 Å². The first-order valence-corrected chi connectivity index (χ1v) is 15.5. The van der Waals surface area contributed by atoms with Crippen LogP contribution in [-0.2, 0) is 28.8 Å². The molecule has 224 valence electrons. The molecule has 0 unspecified atom stereocenters. The second-order valence-corrected chi connectivity index (χ2v) is 12.6. The molecule has 0 saturated heterocycles. The van der Waals surface area contributed by atoms with Crippen LogP contribution >= 0.6 is 0 Å². The van der Waals surface area contributed by atoms with Gasteiger partial charge in [0, 0.05) is 33.7 Å². The number of fused-ring (bicyclic) bond motifs is 3. The fourth-order valence-electron chi connectivity index (χ4n) is 8.34. The number of nitrogens with zero attached hydrogens (tertiary/aromatic N) is 2. The van der Waals surface area contributed by atoms with Gasteiger partial charge in [0.1, 0.15) is 16.9 Å². The summed E-state index contributed by atoms with van der Waals surface area (Å²) in [4.78, 5) is 30.4. The van der Waals surface area contributed by atoms with Crippen LogP contribution in [0.15, 0.2) is 114 Å². The summed E-state index contributed by atoms with van der Waals surface area (Å²) in [5.41, 5.74) is 2.43. The second kappa shape index (κ2) is 10.0. The molecule has 7 nitrogen and oxygen atoms in total. The zero-order valence-electron chi connectivity index (χ0n) is 24.9. The Balaban J connectivity index is 1.52. The maximum Gasteiger partial charge on any atom is 0.254 e. The van der Waals surface area contributed by atoms with Gasteiger partial charge < -0.3 is 14.4 Å². The minimum absolute atomic E-state index is 0.203. The van der Waals surface area contributed by atoms with Gasteiger partial charge in [-0.25, -0.2) is 0 Å². The van der Waals surface area contributed by atoms with E-state index in [1.165, 1.54) is 0 Å². The van der Waals surface area contributed by atoms with Crippen LogP contribution in [-0.4, -0.2) is 22.0 Å². The fraction of sp³-hybridized carbons (Fsp3) is 0.237. The lowest BCUT2D eigenvalue weighted by Crippen LogP contribution is -2.62. The predicted molar refractivity (Wildman–Crippen MR) is 171 cm³/mol. The normalized spacial score (nSPS) is 24.8. The summed E-state index contributed by atoms with van der Waals surface area (Å²) in [6, 6.07) is 33.1. The molecule has 1 spiro atoms. The number of rotatable bonds is 5. The van der Waals surface area contributed by atoms with Crippen molar-refractivity contribution in [3.05, 3.63) is 158 Å². The molecule has 7 heteroatoms. The summed E-state index contributed by atoms with van der Waals surface area (Å²) < 4.78 is 6.69. The van der Waals surface area contributed by atoms with Crippen molar-refractivity contribution in [2.75, 3.05) is 4.90 Å². The Hall–Kier alpha value is -5.01. The average Bonchev–Trinajstić information content (AvgIpc) is 3.56. The number of para-hydroxylation sites is 1. The molecule has 0 radical (unpaired) electrons. The van der Waals surface area contributed by atoms with Crippen molar-refractivity contribution in [3.8, 4) is 11.3 Å². The summed E-state index contributed by atoms with van der Waals surface area (Å²) in [6.45, 7) is 2.31. The number of hydrogen-bond donors (Lipinski definition) is 1. The van der Waals surface area contributed by atoms with Gasteiger partial charge in [-0.2, -0.15) is 0 Å². The molecule has 1 aliphatic heterocycles. The third-order valence-corrected chi connectivity index (χ3v) is 10.1. The van der Waals surface area contributed by atoms with Gasteiger partial charge in [0.15, 0.2) is 5.60 Å². The molecule has 0 fully saturated rings. The van der Waals surface area contributed by atoms with E-state index in [-0.39, 0.29) is 17.3 Å². The highest BCUT2D eigenvalue weighted by atomic mass is 16.6. The lowest BCUT2D eigenvalue weighted by Gasteiger charge is -2.49. The van der Waals surface area contributed by atoms with Crippen molar-refractivity contribution < 1.29 is 19.2 Å². The molecule has 3 aliphatic rings. The third-order valence-electron chi connectivity index (χ3n) is 10.1. The second-order valence-electron chi connectivity index (χ2n) is 12.6. The van der Waals surface area contributed by atoms with E-state index in [9.17, 15) is 15.2 Å². The van der Waals surface area contributed by atoms with Gasteiger partial charge in [-0.05, 0) is 42.5 Å². The molecule has 1 amide bonds. The van der Waals surface area contributed by atoms with Gasteiger partial charge in [0.2, 0.25) is 5.91 Å². The summed E-state index contributed by atoms with van der Waals surface area (Å²) >= 11 is 0. The van der Waals surface area contributed by atoms with Crippen LogP contribution in [0.2, 0.25) is 0 Å². The van der Waals surface area contributed by atoms with Gasteiger partial charge in [0.05, 0.1) is 12.5 Å². The predicted octanol–water partition coefficient (Wildman–Crippen LogP) is 7.05. The Kier molecular flexibility index (Phi) is 6.12. The number of benzene rings is 4. The zero-order valence-corrected chi connectivity index (χ0v) is 24.9. The number of amides is 1. The molecule has 4 aromatic carbocycles. The molecule has 0 bridgehead atoms. The zero-order chi connectivity index (χ0) is 30.9. The Bertz CT molecular complexity index is 1950. The number of hydrogen-bond acceptors (Lipinski definition) is 5. The number of aliphatic hydroxyl groups is 1. The summed E-state index contributed by atoms with van der Waals surface area (Å²) in [6.07, 6.45) is 1.26. The van der Waals surface area contributed by atoms with Crippen LogP contribution in [0.1, 0.15) is 57.9 Å². The fourth-order valence-corrected chi connectivity index (χ4v) is 8.34. The highest BCUT2D eigenvalue weighted by molar-refractivity contribution is 6.13. The molecular formula is C38H32N2O5. The lowest BCUT2D eigenvalue weighted by atomic mass is 9.51. The monoisotopic (exact) mass is 596 g/mol. The van der Waals surface area contributed by atoms with E-state index in [2.05, 4.69) is 0 Å². The van der Waals surface area contributed by atoms with Crippen molar-refractivity contribution in [1.82, 2.24) is 0 Å². The third kappa shape index (κ3) is 3.77. The van der Waals surface area contributed by atoms with Crippen LogP contribution < -0.4 is 4.90 Å². The molecule has 1 aromatic heterocycles. The largest absolute Gasteiger partial charge is 0.460 e. The Morgan fingerprint density at radius 2 is 1.58 bits per heavy atom. The lowest BCUT2D eigenvalue weighted by molar-refractivity contribution is -0.556. The molecule has 5 aromatic rings. The number of carbonyl (C=O) groups is 1. The van der Waals surface area contributed by atoms with Crippen LogP contribution in [0.5, 0.6) is 0 Å². The van der Waals surface area contributed by atoms with Crippen LogP contribution in [0, 0.1) is 17.0 Å². The van der Waals surface area contributed by atoms with Gasteiger partial charge in [-0.1, -0.05) is 109 Å². The number of aryl methyl sites for hydroxylation is 2. The maximum atomic E-state index is 15.6. The molecular weight excluding hydrogens is 564 g/mol. The van der Waals surface area contributed by atoms with Crippen molar-refractivity contribution in [2.45, 2.75) is 55.7 Å². The van der Waals surface area contributed by atoms with Gasteiger partial charge in [-0.3, -0.25) is 14.9 Å². The first-order chi connectivity index (χ1) is 21.9. The number of anilines is 1. The van der Waals surface area contributed by atoms with E-state index in [0.717, 1.165) is 16.7 Å². The van der Waals surface area contributed by atoms with E-state index < -0.39 is 23.0 Å². The molecule has 45 heavy (non-hydrogen) atoms. The van der Waals surface area contributed by atoms with Crippen molar-refractivity contribution >= 4 is 11.6 Å². The number of furan rings is 1. The minimum atomic E-state index is -1.83. The molecule has 0 saturated carbocycles. The van der Waals surface area contributed by atoms with E-state index in [4.69, 9.17) is 4.42 Å². The van der Waals surface area contributed by atoms with Crippen molar-refractivity contribution in [3.63, 3.8) is 0 Å². The van der Waals surface area contributed by atoms with E-state index in [1.807, 2.05) is 116 Å². The van der Waals surface area contributed by atoms with E-state index in [0.29, 0.717) is 58.8 Å². The topological polar surface area (TPSA) is 96.8 Å². The highest BCUT2D eigenvalue weighted by Gasteiger charge is 2.73. The molecule has 4 atom stereocenters. The summed E-state index contributed by atoms with van der Waals surface area (Å²) in [5, 5.41) is 26.1.